The van der Waals surface area contributed by atoms with E-state index in [2.05, 4.69) is 60.5 Å². The summed E-state index contributed by atoms with van der Waals surface area (Å²) in [5.74, 6) is 1.86. The van der Waals surface area contributed by atoms with E-state index in [1.165, 1.54) is 5.56 Å². The Balaban J connectivity index is 1.82. The molecular formula is C22H26N2O2. The number of para-hydroxylation sites is 1. The Morgan fingerprint density at radius 3 is 2.77 bits per heavy atom. The van der Waals surface area contributed by atoms with Crippen molar-refractivity contribution < 1.29 is 9.15 Å². The number of nitrogens with zero attached hydrogens (tertiary/aromatic N) is 1. The molecule has 0 saturated carbocycles. The lowest BCUT2D eigenvalue weighted by Gasteiger charge is -2.42. The van der Waals surface area contributed by atoms with Gasteiger partial charge in [-0.3, -0.25) is 4.90 Å². The molecule has 2 aromatic carbocycles. The Morgan fingerprint density at radius 2 is 1.96 bits per heavy atom. The molecular weight excluding hydrogens is 324 g/mol. The molecule has 1 fully saturated rings. The van der Waals surface area contributed by atoms with Gasteiger partial charge >= 0.3 is 0 Å². The van der Waals surface area contributed by atoms with Crippen LogP contribution < -0.4 is 10.1 Å². The number of nitrogens with one attached hydrogen (secondary N) is 1. The molecule has 1 saturated heterocycles. The predicted octanol–water partition coefficient (Wildman–Crippen LogP) is 4.21. The van der Waals surface area contributed by atoms with Gasteiger partial charge in [0.05, 0.1) is 13.2 Å². The summed E-state index contributed by atoms with van der Waals surface area (Å²) in [6.07, 6.45) is 0. The molecule has 4 heteroatoms. The van der Waals surface area contributed by atoms with Crippen LogP contribution in [0.2, 0.25) is 0 Å². The van der Waals surface area contributed by atoms with Crippen molar-refractivity contribution in [3.05, 3.63) is 65.9 Å². The van der Waals surface area contributed by atoms with E-state index in [1.807, 2.05) is 18.2 Å². The van der Waals surface area contributed by atoms with Gasteiger partial charge in [-0.15, -0.1) is 0 Å². The molecule has 0 amide bonds. The highest BCUT2D eigenvalue weighted by Crippen LogP contribution is 2.36. The fraction of sp³-hybridized carbons (Fsp3) is 0.364. The predicted molar refractivity (Wildman–Crippen MR) is 105 cm³/mol. The number of benzene rings is 2. The van der Waals surface area contributed by atoms with E-state index >= 15 is 0 Å². The first-order valence-electron chi connectivity index (χ1n) is 9.27. The fourth-order valence-electron chi connectivity index (χ4n) is 3.88. The van der Waals surface area contributed by atoms with Gasteiger partial charge in [0.25, 0.3) is 0 Å². The van der Waals surface area contributed by atoms with Crippen molar-refractivity contribution in [3.63, 3.8) is 0 Å². The first kappa shape index (κ1) is 17.1. The van der Waals surface area contributed by atoms with Gasteiger partial charge in [-0.2, -0.15) is 0 Å². The summed E-state index contributed by atoms with van der Waals surface area (Å²) < 4.78 is 11.8. The van der Waals surface area contributed by atoms with Crippen molar-refractivity contribution in [2.75, 3.05) is 20.2 Å². The molecule has 0 radical (unpaired) electrons. The lowest BCUT2D eigenvalue weighted by molar-refractivity contribution is 0.103. The standard InChI is InChI=1S/C22H26N2O2/c1-15-14-24(16(2)13-23-15)22(18-8-6-9-19(11-18)25-3)21-12-17-7-4-5-10-20(17)26-21/h4-12,15-16,22-23H,13-14H2,1-3H3/t15-,16+,22?/m0/s1. The molecule has 1 aliphatic rings. The fourth-order valence-corrected chi connectivity index (χ4v) is 3.88. The van der Waals surface area contributed by atoms with Gasteiger partial charge in [0.2, 0.25) is 0 Å². The van der Waals surface area contributed by atoms with Gasteiger partial charge in [0, 0.05) is 30.6 Å². The van der Waals surface area contributed by atoms with E-state index < -0.39 is 0 Å². The number of furan rings is 1. The third-order valence-corrected chi connectivity index (χ3v) is 5.27. The Bertz CT molecular complexity index is 855. The van der Waals surface area contributed by atoms with Crippen LogP contribution in [0.25, 0.3) is 11.0 Å². The van der Waals surface area contributed by atoms with Crippen LogP contribution in [0.5, 0.6) is 5.75 Å². The average molecular weight is 350 g/mol. The molecule has 0 bridgehead atoms. The van der Waals surface area contributed by atoms with Crippen molar-refractivity contribution in [1.29, 1.82) is 0 Å². The molecule has 0 aliphatic carbocycles. The molecule has 1 N–H and O–H groups in total. The zero-order valence-electron chi connectivity index (χ0n) is 15.6. The minimum Gasteiger partial charge on any atom is -0.497 e. The number of fused-ring (bicyclic) bond motifs is 1. The van der Waals surface area contributed by atoms with E-state index in [-0.39, 0.29) is 6.04 Å². The van der Waals surface area contributed by atoms with Crippen LogP contribution >= 0.6 is 0 Å². The third-order valence-electron chi connectivity index (χ3n) is 5.27. The summed E-state index contributed by atoms with van der Waals surface area (Å²) in [5.41, 5.74) is 2.13. The second-order valence-electron chi connectivity index (χ2n) is 7.22. The Kier molecular flexibility index (Phi) is 4.70. The number of hydrogen-bond donors (Lipinski definition) is 1. The summed E-state index contributed by atoms with van der Waals surface area (Å²) in [6, 6.07) is 19.7. The van der Waals surface area contributed by atoms with Crippen LogP contribution in [0.1, 0.15) is 31.2 Å². The Labute approximate surface area is 154 Å². The zero-order chi connectivity index (χ0) is 18.1. The van der Waals surface area contributed by atoms with Gasteiger partial charge < -0.3 is 14.5 Å². The molecule has 3 aromatic rings. The maximum atomic E-state index is 6.29. The quantitative estimate of drug-likeness (QED) is 0.765. The summed E-state index contributed by atoms with van der Waals surface area (Å²) in [5, 5.41) is 4.72. The Hall–Kier alpha value is -2.30. The molecule has 4 rings (SSSR count). The van der Waals surface area contributed by atoms with Crippen LogP contribution in [-0.2, 0) is 0 Å². The monoisotopic (exact) mass is 350 g/mol. The van der Waals surface area contributed by atoms with Crippen LogP contribution in [0, 0.1) is 0 Å². The molecule has 3 atom stereocenters. The van der Waals surface area contributed by atoms with Crippen LogP contribution in [0.15, 0.2) is 59.0 Å². The molecule has 136 valence electrons. The van der Waals surface area contributed by atoms with Crippen molar-refractivity contribution in [2.24, 2.45) is 0 Å². The number of ether oxygens (including phenoxy) is 1. The summed E-state index contributed by atoms with van der Waals surface area (Å²) in [6.45, 7) is 6.46. The summed E-state index contributed by atoms with van der Waals surface area (Å²) >= 11 is 0. The van der Waals surface area contributed by atoms with Crippen LogP contribution in [0.4, 0.5) is 0 Å². The molecule has 1 aromatic heterocycles. The van der Waals surface area contributed by atoms with Gasteiger partial charge in [0.15, 0.2) is 0 Å². The topological polar surface area (TPSA) is 37.6 Å². The SMILES string of the molecule is COc1cccc(C(c2cc3ccccc3o2)N2C[C@H](C)NC[C@H]2C)c1. The number of hydrogen-bond acceptors (Lipinski definition) is 4. The normalized spacial score (nSPS) is 22.4. The van der Waals surface area contributed by atoms with Crippen molar-refractivity contribution in [2.45, 2.75) is 32.0 Å². The first-order chi connectivity index (χ1) is 12.7. The maximum absolute atomic E-state index is 6.29. The van der Waals surface area contributed by atoms with Gasteiger partial charge in [-0.05, 0) is 43.7 Å². The maximum Gasteiger partial charge on any atom is 0.134 e. The summed E-state index contributed by atoms with van der Waals surface area (Å²) in [4.78, 5) is 2.54. The molecule has 2 heterocycles. The minimum atomic E-state index is 0.0667. The molecule has 26 heavy (non-hydrogen) atoms. The Morgan fingerprint density at radius 1 is 1.12 bits per heavy atom. The van der Waals surface area contributed by atoms with Crippen LogP contribution in [-0.4, -0.2) is 37.2 Å². The highest BCUT2D eigenvalue weighted by atomic mass is 16.5. The third kappa shape index (κ3) is 3.22. The largest absolute Gasteiger partial charge is 0.497 e. The van der Waals surface area contributed by atoms with Gasteiger partial charge in [-0.25, -0.2) is 0 Å². The first-order valence-corrected chi connectivity index (χ1v) is 9.27. The van der Waals surface area contributed by atoms with E-state index in [1.54, 1.807) is 7.11 Å². The van der Waals surface area contributed by atoms with Crippen LogP contribution in [0.3, 0.4) is 0 Å². The second kappa shape index (κ2) is 7.14. The van der Waals surface area contributed by atoms with E-state index in [9.17, 15) is 0 Å². The molecule has 1 aliphatic heterocycles. The molecule has 1 unspecified atom stereocenters. The highest BCUT2D eigenvalue weighted by molar-refractivity contribution is 5.78. The number of piperazine rings is 1. The van der Waals surface area contributed by atoms with Crippen molar-refractivity contribution in [1.82, 2.24) is 10.2 Å². The average Bonchev–Trinajstić information content (AvgIpc) is 3.08. The van der Waals surface area contributed by atoms with Gasteiger partial charge in [-0.1, -0.05) is 30.3 Å². The molecule has 4 nitrogen and oxygen atoms in total. The second-order valence-corrected chi connectivity index (χ2v) is 7.22. The van der Waals surface area contributed by atoms with E-state index in [0.29, 0.717) is 12.1 Å². The zero-order valence-corrected chi connectivity index (χ0v) is 15.6. The number of methoxy groups -OCH3 is 1. The minimum absolute atomic E-state index is 0.0667. The molecule has 0 spiro atoms. The smallest absolute Gasteiger partial charge is 0.134 e. The van der Waals surface area contributed by atoms with Crippen molar-refractivity contribution in [3.8, 4) is 5.75 Å². The van der Waals surface area contributed by atoms with Gasteiger partial charge in [0.1, 0.15) is 17.1 Å². The number of rotatable bonds is 4. The summed E-state index contributed by atoms with van der Waals surface area (Å²) in [7, 11) is 1.71. The highest BCUT2D eigenvalue weighted by Gasteiger charge is 2.33. The lowest BCUT2D eigenvalue weighted by Crippen LogP contribution is -2.55. The van der Waals surface area contributed by atoms with E-state index in [4.69, 9.17) is 9.15 Å². The lowest BCUT2D eigenvalue weighted by atomic mass is 9.98. The van der Waals surface area contributed by atoms with E-state index in [0.717, 1.165) is 35.6 Å². The van der Waals surface area contributed by atoms with Crippen molar-refractivity contribution >= 4 is 11.0 Å².